The summed E-state index contributed by atoms with van der Waals surface area (Å²) in [5.74, 6) is -1.09. The number of hydrogen-bond donors (Lipinski definition) is 1. The third-order valence-corrected chi connectivity index (χ3v) is 4.32. The van der Waals surface area contributed by atoms with Gasteiger partial charge in [0.1, 0.15) is 12.2 Å². The molecule has 2 aliphatic heterocycles. The Morgan fingerprint density at radius 3 is 2.24 bits per heavy atom. The molecule has 120 valence electrons. The molecule has 0 spiro atoms. The molecule has 21 heavy (non-hydrogen) atoms. The molecule has 6 nitrogen and oxygen atoms in total. The smallest absolute Gasteiger partial charge is 0.216 e. The van der Waals surface area contributed by atoms with Gasteiger partial charge in [0.15, 0.2) is 11.6 Å². The molecule has 0 aromatic heterocycles. The first-order chi connectivity index (χ1) is 9.67. The fourth-order valence-electron chi connectivity index (χ4n) is 3.67. The molecule has 3 aliphatic rings. The summed E-state index contributed by atoms with van der Waals surface area (Å²) >= 11 is 0. The lowest BCUT2D eigenvalue weighted by molar-refractivity contribution is -0.176. The average Bonchev–Trinajstić information content (AvgIpc) is 2.80. The normalized spacial score (nSPS) is 43.2. The zero-order valence-electron chi connectivity index (χ0n) is 13.3. The fourth-order valence-corrected chi connectivity index (χ4v) is 3.67. The number of nitrogens with one attached hydrogen (secondary N) is 1. The highest BCUT2D eigenvalue weighted by Crippen LogP contribution is 2.46. The maximum absolute atomic E-state index is 11.2. The highest BCUT2D eigenvalue weighted by atomic mass is 16.8. The van der Waals surface area contributed by atoms with E-state index in [0.29, 0.717) is 6.54 Å². The zero-order valence-corrected chi connectivity index (χ0v) is 13.3. The maximum Gasteiger partial charge on any atom is 0.216 e. The van der Waals surface area contributed by atoms with E-state index < -0.39 is 11.6 Å². The fraction of sp³-hybridized carbons (Fsp3) is 0.933. The molecule has 0 unspecified atom stereocenters. The van der Waals surface area contributed by atoms with E-state index in [9.17, 15) is 4.79 Å². The monoisotopic (exact) mass is 299 g/mol. The number of hydrogen-bond acceptors (Lipinski definition) is 5. The summed E-state index contributed by atoms with van der Waals surface area (Å²) in [5.41, 5.74) is 0. The Balaban J connectivity index is 1.80. The Morgan fingerprint density at radius 1 is 1.00 bits per heavy atom. The van der Waals surface area contributed by atoms with E-state index >= 15 is 0 Å². The van der Waals surface area contributed by atoms with Gasteiger partial charge < -0.3 is 24.3 Å². The molecule has 6 heteroatoms. The van der Waals surface area contributed by atoms with Gasteiger partial charge in [0.25, 0.3) is 0 Å². The second-order valence-electron chi connectivity index (χ2n) is 7.14. The molecule has 1 amide bonds. The van der Waals surface area contributed by atoms with Gasteiger partial charge in [0, 0.05) is 19.4 Å². The number of carbonyl (C=O) groups excluding carboxylic acids is 1. The molecule has 5 atom stereocenters. The minimum atomic E-state index is -0.630. The zero-order chi connectivity index (χ0) is 15.4. The molecule has 1 aliphatic carbocycles. The lowest BCUT2D eigenvalue weighted by Gasteiger charge is -2.37. The van der Waals surface area contributed by atoms with Crippen molar-refractivity contribution >= 4 is 5.91 Å². The Morgan fingerprint density at radius 2 is 1.57 bits per heavy atom. The summed E-state index contributed by atoms with van der Waals surface area (Å²) < 4.78 is 24.1. The van der Waals surface area contributed by atoms with Crippen LogP contribution in [0.25, 0.3) is 0 Å². The summed E-state index contributed by atoms with van der Waals surface area (Å²) in [7, 11) is 0. The number of amides is 1. The standard InChI is InChI=1S/C15H25NO5/c1-8(17)16-7-9-6-10-12(20-14(2,3)18-10)13-11(9)19-15(4,5)21-13/h9-13H,6-7H2,1-5H3,(H,16,17)/t9-,10+,11+,12+,13+/m1/s1. The van der Waals surface area contributed by atoms with Crippen molar-refractivity contribution in [2.75, 3.05) is 6.54 Å². The molecule has 3 fully saturated rings. The van der Waals surface area contributed by atoms with Crippen LogP contribution in [0, 0.1) is 5.92 Å². The number of ether oxygens (including phenoxy) is 4. The van der Waals surface area contributed by atoms with Gasteiger partial charge in [-0.05, 0) is 34.1 Å². The first-order valence-electron chi connectivity index (χ1n) is 7.63. The van der Waals surface area contributed by atoms with E-state index in [1.165, 1.54) is 6.92 Å². The summed E-state index contributed by atoms with van der Waals surface area (Å²) in [4.78, 5) is 11.2. The first kappa shape index (κ1) is 15.2. The van der Waals surface area contributed by atoms with Crippen molar-refractivity contribution in [1.29, 1.82) is 0 Å². The minimum absolute atomic E-state index is 0.0162. The molecule has 0 aromatic carbocycles. The van der Waals surface area contributed by atoms with Crippen LogP contribution >= 0.6 is 0 Å². The molecule has 1 N–H and O–H groups in total. The highest BCUT2D eigenvalue weighted by molar-refractivity contribution is 5.72. The molecular weight excluding hydrogens is 274 g/mol. The lowest BCUT2D eigenvalue weighted by Crippen LogP contribution is -2.53. The quantitative estimate of drug-likeness (QED) is 0.829. The predicted molar refractivity (Wildman–Crippen MR) is 74.4 cm³/mol. The highest BCUT2D eigenvalue weighted by Gasteiger charge is 2.59. The van der Waals surface area contributed by atoms with Crippen LogP contribution in [0.3, 0.4) is 0 Å². The van der Waals surface area contributed by atoms with Gasteiger partial charge in [-0.2, -0.15) is 0 Å². The molecule has 0 aromatic rings. The van der Waals surface area contributed by atoms with Gasteiger partial charge in [-0.25, -0.2) is 0 Å². The molecule has 3 rings (SSSR count). The van der Waals surface area contributed by atoms with Crippen molar-refractivity contribution < 1.29 is 23.7 Å². The minimum Gasteiger partial charge on any atom is -0.356 e. The van der Waals surface area contributed by atoms with Crippen LogP contribution in [0.2, 0.25) is 0 Å². The molecule has 0 radical (unpaired) electrons. The van der Waals surface area contributed by atoms with E-state index in [-0.39, 0.29) is 36.2 Å². The van der Waals surface area contributed by atoms with Crippen molar-refractivity contribution in [3.8, 4) is 0 Å². The Labute approximate surface area is 125 Å². The van der Waals surface area contributed by atoms with Crippen LogP contribution in [0.1, 0.15) is 41.0 Å². The molecule has 0 bridgehead atoms. The summed E-state index contributed by atoms with van der Waals surface area (Å²) in [6.45, 7) is 9.77. The third kappa shape index (κ3) is 2.95. The van der Waals surface area contributed by atoms with Crippen molar-refractivity contribution in [2.45, 2.75) is 77.0 Å². The second-order valence-corrected chi connectivity index (χ2v) is 7.14. The van der Waals surface area contributed by atoms with Crippen LogP contribution in [0.15, 0.2) is 0 Å². The largest absolute Gasteiger partial charge is 0.356 e. The van der Waals surface area contributed by atoms with E-state index in [4.69, 9.17) is 18.9 Å². The third-order valence-electron chi connectivity index (χ3n) is 4.32. The van der Waals surface area contributed by atoms with Gasteiger partial charge in [-0.15, -0.1) is 0 Å². The van der Waals surface area contributed by atoms with Gasteiger partial charge in [-0.3, -0.25) is 4.79 Å². The number of fused-ring (bicyclic) bond motifs is 3. The Bertz CT molecular complexity index is 436. The van der Waals surface area contributed by atoms with Gasteiger partial charge in [-0.1, -0.05) is 0 Å². The first-order valence-corrected chi connectivity index (χ1v) is 7.63. The van der Waals surface area contributed by atoms with E-state index in [2.05, 4.69) is 5.32 Å². The summed E-state index contributed by atoms with van der Waals surface area (Å²) in [5, 5.41) is 2.88. The van der Waals surface area contributed by atoms with Crippen molar-refractivity contribution in [2.24, 2.45) is 5.92 Å². The van der Waals surface area contributed by atoms with Crippen molar-refractivity contribution in [3.63, 3.8) is 0 Å². The Kier molecular flexibility index (Phi) is 3.56. The van der Waals surface area contributed by atoms with Gasteiger partial charge in [0.05, 0.1) is 12.2 Å². The molecule has 2 saturated heterocycles. The lowest BCUT2D eigenvalue weighted by atomic mass is 9.81. The van der Waals surface area contributed by atoms with Crippen molar-refractivity contribution in [3.05, 3.63) is 0 Å². The van der Waals surface area contributed by atoms with Crippen LogP contribution < -0.4 is 5.32 Å². The SMILES string of the molecule is CC(=O)NC[C@H]1C[C@@H]2OC(C)(C)O[C@@H]2[C@H]2OC(C)(C)O[C@@H]12. The average molecular weight is 299 g/mol. The van der Waals surface area contributed by atoms with Crippen LogP contribution in [-0.4, -0.2) is 48.4 Å². The number of rotatable bonds is 2. The predicted octanol–water partition coefficient (Wildman–Crippen LogP) is 1.18. The maximum atomic E-state index is 11.2. The Hall–Kier alpha value is -0.690. The summed E-state index contributed by atoms with van der Waals surface area (Å²) in [6.07, 6.45) is 0.442. The van der Waals surface area contributed by atoms with Crippen molar-refractivity contribution in [1.82, 2.24) is 5.32 Å². The van der Waals surface area contributed by atoms with E-state index in [1.807, 2.05) is 27.7 Å². The molecular formula is C15H25NO5. The topological polar surface area (TPSA) is 66.0 Å². The summed E-state index contributed by atoms with van der Waals surface area (Å²) in [6, 6.07) is 0. The van der Waals surface area contributed by atoms with E-state index in [0.717, 1.165) is 6.42 Å². The molecule has 1 saturated carbocycles. The van der Waals surface area contributed by atoms with Crippen LogP contribution in [-0.2, 0) is 23.7 Å². The van der Waals surface area contributed by atoms with E-state index in [1.54, 1.807) is 0 Å². The van der Waals surface area contributed by atoms with Crippen LogP contribution in [0.5, 0.6) is 0 Å². The van der Waals surface area contributed by atoms with Gasteiger partial charge >= 0.3 is 0 Å². The van der Waals surface area contributed by atoms with Gasteiger partial charge in [0.2, 0.25) is 5.91 Å². The second kappa shape index (κ2) is 4.91. The number of carbonyl (C=O) groups is 1. The van der Waals surface area contributed by atoms with Crippen LogP contribution in [0.4, 0.5) is 0 Å². The molecule has 2 heterocycles.